The summed E-state index contributed by atoms with van der Waals surface area (Å²) in [6.45, 7) is 3.62. The number of carbonyl (C=O) groups excluding carboxylic acids is 1. The van der Waals surface area contributed by atoms with E-state index in [2.05, 4.69) is 20.9 Å². The number of benzene rings is 3. The predicted molar refractivity (Wildman–Crippen MR) is 165 cm³/mol. The van der Waals surface area contributed by atoms with Crippen LogP contribution in [0.1, 0.15) is 36.6 Å². The summed E-state index contributed by atoms with van der Waals surface area (Å²) >= 11 is 4.80. The van der Waals surface area contributed by atoms with Crippen LogP contribution in [-0.2, 0) is 16.1 Å². The summed E-state index contributed by atoms with van der Waals surface area (Å²) in [5.41, 5.74) is 1.97. The second kappa shape index (κ2) is 13.0. The third kappa shape index (κ3) is 6.00. The van der Waals surface area contributed by atoms with E-state index in [4.69, 9.17) is 18.9 Å². The van der Waals surface area contributed by atoms with Crippen molar-refractivity contribution in [2.24, 2.45) is 4.99 Å². The molecule has 0 bridgehead atoms. The highest BCUT2D eigenvalue weighted by Gasteiger charge is 2.35. The number of carbonyl (C=O) groups is 1. The van der Waals surface area contributed by atoms with Crippen molar-refractivity contribution in [3.8, 4) is 17.2 Å². The van der Waals surface area contributed by atoms with Crippen molar-refractivity contribution in [3.05, 3.63) is 119 Å². The Balaban J connectivity index is 1.66. The molecule has 0 unspecified atom stereocenters. The fourth-order valence-corrected chi connectivity index (χ4v) is 6.39. The first kappa shape index (κ1) is 30.2. The summed E-state index contributed by atoms with van der Waals surface area (Å²) in [5, 5.41) is 0. The van der Waals surface area contributed by atoms with Gasteiger partial charge in [-0.2, -0.15) is 0 Å². The van der Waals surface area contributed by atoms with E-state index in [1.807, 2.05) is 12.1 Å². The third-order valence-corrected chi connectivity index (χ3v) is 8.53. The quantitative estimate of drug-likeness (QED) is 0.226. The molecule has 0 saturated heterocycles. The Hall–Kier alpha value is -4.22. The van der Waals surface area contributed by atoms with Gasteiger partial charge in [-0.15, -0.1) is 0 Å². The van der Waals surface area contributed by atoms with Crippen molar-refractivity contribution in [1.82, 2.24) is 4.57 Å². The lowest BCUT2D eigenvalue weighted by Crippen LogP contribution is -2.40. The van der Waals surface area contributed by atoms with E-state index in [1.54, 1.807) is 62.4 Å². The maximum Gasteiger partial charge on any atom is 0.338 e. The summed E-state index contributed by atoms with van der Waals surface area (Å²) in [5.74, 6) is 0.468. The van der Waals surface area contributed by atoms with Crippen molar-refractivity contribution in [1.29, 1.82) is 0 Å². The standard InChI is InChI=1S/C32H28BrFN2O6S/c1-5-41-31(38)28-18(2)35-32-36(29(28)21-15-25(39-3)26(40-4)16-22(21)33)30(37)27(43-32)14-19-10-7-9-13-24(19)42-17-20-11-6-8-12-23(20)34/h6-16,29H,5,17H2,1-4H3/b27-14-/t29-/m0/s1. The molecule has 222 valence electrons. The Kier molecular flexibility index (Phi) is 9.12. The Morgan fingerprint density at radius 3 is 2.49 bits per heavy atom. The number of allylic oxidation sites excluding steroid dienone is 1. The first-order valence-corrected chi connectivity index (χ1v) is 14.9. The van der Waals surface area contributed by atoms with Gasteiger partial charge in [-0.1, -0.05) is 63.7 Å². The lowest BCUT2D eigenvalue weighted by molar-refractivity contribution is -0.139. The van der Waals surface area contributed by atoms with Crippen LogP contribution in [0.2, 0.25) is 0 Å². The van der Waals surface area contributed by atoms with Crippen LogP contribution in [-0.4, -0.2) is 31.4 Å². The van der Waals surface area contributed by atoms with Crippen LogP contribution in [0.15, 0.2) is 86.2 Å². The lowest BCUT2D eigenvalue weighted by Gasteiger charge is -2.26. The van der Waals surface area contributed by atoms with Crippen LogP contribution >= 0.6 is 27.3 Å². The van der Waals surface area contributed by atoms with Crippen molar-refractivity contribution in [3.63, 3.8) is 0 Å². The van der Waals surface area contributed by atoms with E-state index in [-0.39, 0.29) is 30.2 Å². The molecule has 0 aliphatic carbocycles. The highest BCUT2D eigenvalue weighted by Crippen LogP contribution is 2.40. The number of fused-ring (bicyclic) bond motifs is 1. The number of hydrogen-bond donors (Lipinski definition) is 0. The van der Waals surface area contributed by atoms with Gasteiger partial charge in [0.2, 0.25) is 0 Å². The summed E-state index contributed by atoms with van der Waals surface area (Å²) in [7, 11) is 3.04. The van der Waals surface area contributed by atoms with Gasteiger partial charge in [0.25, 0.3) is 5.56 Å². The van der Waals surface area contributed by atoms with Gasteiger partial charge < -0.3 is 18.9 Å². The van der Waals surface area contributed by atoms with E-state index in [0.717, 1.165) is 0 Å². The first-order chi connectivity index (χ1) is 20.8. The molecule has 1 aliphatic rings. The van der Waals surface area contributed by atoms with Crippen molar-refractivity contribution < 1.29 is 28.1 Å². The summed E-state index contributed by atoms with van der Waals surface area (Å²) in [6, 6.07) is 16.2. The molecule has 0 spiro atoms. The fourth-order valence-electron chi connectivity index (χ4n) is 4.81. The summed E-state index contributed by atoms with van der Waals surface area (Å²) < 4.78 is 39.0. The number of hydrogen-bond acceptors (Lipinski definition) is 8. The first-order valence-electron chi connectivity index (χ1n) is 13.3. The molecule has 1 aromatic heterocycles. The molecule has 0 saturated carbocycles. The normalized spacial score (nSPS) is 14.7. The van der Waals surface area contributed by atoms with Gasteiger partial charge in [0.05, 0.1) is 42.7 Å². The van der Waals surface area contributed by atoms with Crippen molar-refractivity contribution in [2.45, 2.75) is 26.5 Å². The number of halogens is 2. The number of methoxy groups -OCH3 is 2. The monoisotopic (exact) mass is 666 g/mol. The van der Waals surface area contributed by atoms with E-state index in [9.17, 15) is 14.0 Å². The zero-order chi connectivity index (χ0) is 30.7. The Bertz CT molecular complexity index is 1920. The average molecular weight is 668 g/mol. The number of esters is 1. The van der Waals surface area contributed by atoms with Crippen molar-refractivity contribution >= 4 is 39.3 Å². The molecule has 4 aromatic rings. The van der Waals surface area contributed by atoms with Crippen LogP contribution in [0.25, 0.3) is 6.08 Å². The minimum atomic E-state index is -0.862. The smallest absolute Gasteiger partial charge is 0.338 e. The highest BCUT2D eigenvalue weighted by molar-refractivity contribution is 9.10. The van der Waals surface area contributed by atoms with E-state index in [1.165, 1.54) is 36.2 Å². The number of thiazole rings is 1. The van der Waals surface area contributed by atoms with Crippen LogP contribution in [0.5, 0.6) is 17.2 Å². The van der Waals surface area contributed by atoms with Crippen molar-refractivity contribution in [2.75, 3.05) is 20.8 Å². The molecule has 11 heteroatoms. The minimum Gasteiger partial charge on any atom is -0.493 e. The number of para-hydroxylation sites is 1. The average Bonchev–Trinajstić information content (AvgIpc) is 3.30. The molecule has 0 N–H and O–H groups in total. The molecule has 0 fully saturated rings. The molecular formula is C32H28BrFN2O6S. The Morgan fingerprint density at radius 2 is 1.77 bits per heavy atom. The Morgan fingerprint density at radius 1 is 1.07 bits per heavy atom. The molecule has 0 radical (unpaired) electrons. The molecule has 0 amide bonds. The van der Waals surface area contributed by atoms with Crippen LogP contribution in [0.4, 0.5) is 4.39 Å². The van der Waals surface area contributed by atoms with Gasteiger partial charge >= 0.3 is 5.97 Å². The van der Waals surface area contributed by atoms with Gasteiger partial charge in [-0.05, 0) is 49.8 Å². The van der Waals surface area contributed by atoms with Gasteiger partial charge in [0.15, 0.2) is 16.3 Å². The fraction of sp³-hybridized carbons (Fsp3) is 0.219. The van der Waals surface area contributed by atoms with E-state index < -0.39 is 12.0 Å². The van der Waals surface area contributed by atoms with Crippen LogP contribution < -0.4 is 29.1 Å². The molecule has 5 rings (SSSR count). The highest BCUT2D eigenvalue weighted by atomic mass is 79.9. The zero-order valence-electron chi connectivity index (χ0n) is 23.9. The molecule has 3 aromatic carbocycles. The second-order valence-corrected chi connectivity index (χ2v) is 11.3. The third-order valence-electron chi connectivity index (χ3n) is 6.86. The van der Waals surface area contributed by atoms with Gasteiger partial charge in [0, 0.05) is 15.6 Å². The van der Waals surface area contributed by atoms with E-state index >= 15 is 0 Å². The lowest BCUT2D eigenvalue weighted by atomic mass is 9.95. The van der Waals surface area contributed by atoms with Crippen LogP contribution in [0.3, 0.4) is 0 Å². The summed E-state index contributed by atoms with van der Waals surface area (Å²) in [4.78, 5) is 32.4. The minimum absolute atomic E-state index is 0.0220. The molecule has 1 atom stereocenters. The number of nitrogens with zero attached hydrogens (tertiary/aromatic N) is 2. The second-order valence-electron chi connectivity index (χ2n) is 9.45. The molecular weight excluding hydrogens is 639 g/mol. The van der Waals surface area contributed by atoms with Gasteiger partial charge in [-0.3, -0.25) is 9.36 Å². The molecule has 1 aliphatic heterocycles. The van der Waals surface area contributed by atoms with Crippen LogP contribution in [0, 0.1) is 5.82 Å². The molecule has 2 heterocycles. The SMILES string of the molecule is CCOC(=O)C1=C(C)N=c2s/c(=C\c3ccccc3OCc3ccccc3F)c(=O)n2[C@H]1c1cc(OC)c(OC)cc1Br. The van der Waals surface area contributed by atoms with E-state index in [0.29, 0.717) is 53.4 Å². The largest absolute Gasteiger partial charge is 0.493 e. The van der Waals surface area contributed by atoms with Gasteiger partial charge in [-0.25, -0.2) is 14.2 Å². The number of ether oxygens (including phenoxy) is 4. The molecule has 43 heavy (non-hydrogen) atoms. The Labute approximate surface area is 259 Å². The maximum absolute atomic E-state index is 14.2. The predicted octanol–water partition coefficient (Wildman–Crippen LogP) is 5.30. The molecule has 8 nitrogen and oxygen atoms in total. The number of rotatable bonds is 9. The summed E-state index contributed by atoms with van der Waals surface area (Å²) in [6.07, 6.45) is 1.71. The maximum atomic E-state index is 14.2. The zero-order valence-corrected chi connectivity index (χ0v) is 26.3. The number of aromatic nitrogens is 1. The topological polar surface area (TPSA) is 88.4 Å². The van der Waals surface area contributed by atoms with Gasteiger partial charge in [0.1, 0.15) is 18.2 Å².